The molecule has 6 nitrogen and oxygen atoms in total. The zero-order valence-corrected chi connectivity index (χ0v) is 15.7. The number of hydrogen-bond donors (Lipinski definition) is 3. The van der Waals surface area contributed by atoms with Crippen LogP contribution in [-0.2, 0) is 16.0 Å². The summed E-state index contributed by atoms with van der Waals surface area (Å²) >= 11 is 2.17. The van der Waals surface area contributed by atoms with Crippen LogP contribution in [0.5, 0.6) is 0 Å². The highest BCUT2D eigenvalue weighted by atomic mass is 127. The number of hydrogen-bond acceptors (Lipinski definition) is 3. The maximum atomic E-state index is 12.4. The SMILES string of the molecule is CC(=O)Nc1cccc(C(=O)N[C@@H](Cc2ccccc2I)C(N)=O)c1. The summed E-state index contributed by atoms with van der Waals surface area (Å²) in [6, 6.07) is 13.2. The molecule has 0 unspecified atom stereocenters. The van der Waals surface area contributed by atoms with Crippen molar-refractivity contribution in [3.63, 3.8) is 0 Å². The van der Waals surface area contributed by atoms with Crippen LogP contribution in [-0.4, -0.2) is 23.8 Å². The van der Waals surface area contributed by atoms with Crippen LogP contribution in [0.2, 0.25) is 0 Å². The number of carbonyl (C=O) groups excluding carboxylic acids is 3. The Kier molecular flexibility index (Phi) is 6.51. The van der Waals surface area contributed by atoms with Gasteiger partial charge in [0.15, 0.2) is 0 Å². The Morgan fingerprint density at radius 3 is 2.48 bits per heavy atom. The molecule has 0 aliphatic rings. The third-order valence-corrected chi connectivity index (χ3v) is 4.53. The van der Waals surface area contributed by atoms with Gasteiger partial charge in [0.25, 0.3) is 5.91 Å². The van der Waals surface area contributed by atoms with Gasteiger partial charge in [-0.05, 0) is 52.4 Å². The van der Waals surface area contributed by atoms with Crippen LogP contribution in [0.3, 0.4) is 0 Å². The van der Waals surface area contributed by atoms with E-state index in [4.69, 9.17) is 5.73 Å². The molecule has 0 saturated carbocycles. The molecule has 0 fully saturated rings. The predicted molar refractivity (Wildman–Crippen MR) is 104 cm³/mol. The molecule has 0 aliphatic carbocycles. The first-order valence-electron chi connectivity index (χ1n) is 7.58. The number of benzene rings is 2. The standard InChI is InChI=1S/C18H18IN3O3/c1-11(23)21-14-7-4-6-13(9-14)18(25)22-16(17(20)24)10-12-5-2-3-8-15(12)19/h2-9,16H,10H2,1H3,(H2,20,24)(H,21,23)(H,22,25)/t16-/m0/s1. The Morgan fingerprint density at radius 1 is 1.12 bits per heavy atom. The summed E-state index contributed by atoms with van der Waals surface area (Å²) in [5.74, 6) is -1.26. The smallest absolute Gasteiger partial charge is 0.252 e. The van der Waals surface area contributed by atoms with E-state index < -0.39 is 17.9 Å². The van der Waals surface area contributed by atoms with E-state index in [9.17, 15) is 14.4 Å². The fourth-order valence-corrected chi connectivity index (χ4v) is 2.90. The molecule has 3 amide bonds. The number of nitrogens with one attached hydrogen (secondary N) is 2. The Morgan fingerprint density at radius 2 is 1.84 bits per heavy atom. The van der Waals surface area contributed by atoms with Gasteiger partial charge in [-0.25, -0.2) is 0 Å². The fraction of sp³-hybridized carbons (Fsp3) is 0.167. The second-order valence-electron chi connectivity index (χ2n) is 5.49. The van der Waals surface area contributed by atoms with Crippen LogP contribution in [0, 0.1) is 3.57 Å². The topological polar surface area (TPSA) is 101 Å². The first-order chi connectivity index (χ1) is 11.9. The van der Waals surface area contributed by atoms with E-state index in [-0.39, 0.29) is 5.91 Å². The highest BCUT2D eigenvalue weighted by molar-refractivity contribution is 14.1. The molecule has 2 rings (SSSR count). The first-order valence-corrected chi connectivity index (χ1v) is 8.66. The quantitative estimate of drug-likeness (QED) is 0.587. The average Bonchev–Trinajstić information content (AvgIpc) is 2.55. The van der Waals surface area contributed by atoms with Crippen molar-refractivity contribution in [1.29, 1.82) is 0 Å². The van der Waals surface area contributed by atoms with Crippen molar-refractivity contribution >= 4 is 46.0 Å². The predicted octanol–water partition coefficient (Wildman–Crippen LogP) is 2.08. The minimum Gasteiger partial charge on any atom is -0.368 e. The van der Waals surface area contributed by atoms with E-state index in [1.807, 2.05) is 24.3 Å². The van der Waals surface area contributed by atoms with Crippen LogP contribution in [0.4, 0.5) is 5.69 Å². The lowest BCUT2D eigenvalue weighted by Gasteiger charge is -2.17. The molecule has 0 saturated heterocycles. The van der Waals surface area contributed by atoms with Gasteiger partial charge in [0.05, 0.1) is 0 Å². The molecule has 2 aromatic carbocycles. The largest absolute Gasteiger partial charge is 0.368 e. The van der Waals surface area contributed by atoms with Crippen molar-refractivity contribution in [3.8, 4) is 0 Å². The minimum absolute atomic E-state index is 0.230. The third-order valence-electron chi connectivity index (χ3n) is 3.48. The van der Waals surface area contributed by atoms with E-state index in [0.29, 0.717) is 17.7 Å². The molecule has 2 aromatic rings. The Bertz CT molecular complexity index is 808. The second kappa shape index (κ2) is 8.61. The van der Waals surface area contributed by atoms with Gasteiger partial charge in [0.1, 0.15) is 6.04 Å². The Labute approximate surface area is 159 Å². The highest BCUT2D eigenvalue weighted by Gasteiger charge is 2.20. The normalized spacial score (nSPS) is 11.4. The molecule has 0 aliphatic heterocycles. The molecule has 0 radical (unpaired) electrons. The molecule has 1 atom stereocenters. The fourth-order valence-electron chi connectivity index (χ4n) is 2.29. The zero-order valence-electron chi connectivity index (χ0n) is 13.6. The van der Waals surface area contributed by atoms with Gasteiger partial charge in [0, 0.05) is 28.2 Å². The molecule has 7 heteroatoms. The molecule has 4 N–H and O–H groups in total. The van der Waals surface area contributed by atoms with E-state index in [1.165, 1.54) is 6.92 Å². The maximum absolute atomic E-state index is 12.4. The number of nitrogens with two attached hydrogens (primary N) is 1. The molecular formula is C18H18IN3O3. The number of primary amides is 1. The number of halogens is 1. The molecule has 130 valence electrons. The van der Waals surface area contributed by atoms with Gasteiger partial charge in [-0.2, -0.15) is 0 Å². The second-order valence-corrected chi connectivity index (χ2v) is 6.65. The first kappa shape index (κ1) is 18.9. The van der Waals surface area contributed by atoms with Crippen LogP contribution in [0.15, 0.2) is 48.5 Å². The summed E-state index contributed by atoms with van der Waals surface area (Å²) < 4.78 is 0.994. The van der Waals surface area contributed by atoms with Gasteiger partial charge in [-0.1, -0.05) is 24.3 Å². The molecule has 25 heavy (non-hydrogen) atoms. The molecule has 0 heterocycles. The lowest BCUT2D eigenvalue weighted by atomic mass is 10.0. The van der Waals surface area contributed by atoms with Gasteiger partial charge in [-0.3, -0.25) is 14.4 Å². The van der Waals surface area contributed by atoms with Gasteiger partial charge in [-0.15, -0.1) is 0 Å². The molecular weight excluding hydrogens is 433 g/mol. The summed E-state index contributed by atoms with van der Waals surface area (Å²) in [7, 11) is 0. The van der Waals surface area contributed by atoms with E-state index in [1.54, 1.807) is 24.3 Å². The van der Waals surface area contributed by atoms with Crippen LogP contribution >= 0.6 is 22.6 Å². The lowest BCUT2D eigenvalue weighted by Crippen LogP contribution is -2.46. The van der Waals surface area contributed by atoms with E-state index >= 15 is 0 Å². The van der Waals surface area contributed by atoms with Crippen molar-refractivity contribution < 1.29 is 14.4 Å². The van der Waals surface area contributed by atoms with Gasteiger partial charge in [0.2, 0.25) is 11.8 Å². The highest BCUT2D eigenvalue weighted by Crippen LogP contribution is 2.15. The van der Waals surface area contributed by atoms with Crippen LogP contribution in [0.1, 0.15) is 22.8 Å². The number of anilines is 1. The summed E-state index contributed by atoms with van der Waals surface area (Å²) in [5, 5.41) is 5.27. The van der Waals surface area contributed by atoms with Crippen LogP contribution in [0.25, 0.3) is 0 Å². The van der Waals surface area contributed by atoms with E-state index in [0.717, 1.165) is 9.13 Å². The minimum atomic E-state index is -0.826. The summed E-state index contributed by atoms with van der Waals surface area (Å²) in [5.41, 5.74) is 7.21. The summed E-state index contributed by atoms with van der Waals surface area (Å²) in [4.78, 5) is 35.3. The lowest BCUT2D eigenvalue weighted by molar-refractivity contribution is -0.119. The summed E-state index contributed by atoms with van der Waals surface area (Å²) in [6.45, 7) is 1.39. The number of carbonyl (C=O) groups is 3. The molecule has 0 aromatic heterocycles. The number of amides is 3. The Balaban J connectivity index is 2.14. The molecule has 0 bridgehead atoms. The van der Waals surface area contributed by atoms with Crippen LogP contribution < -0.4 is 16.4 Å². The van der Waals surface area contributed by atoms with Crippen molar-refractivity contribution in [1.82, 2.24) is 5.32 Å². The third kappa shape index (κ3) is 5.56. The monoisotopic (exact) mass is 451 g/mol. The van der Waals surface area contributed by atoms with Crippen molar-refractivity contribution in [2.75, 3.05) is 5.32 Å². The zero-order chi connectivity index (χ0) is 18.4. The average molecular weight is 451 g/mol. The molecule has 0 spiro atoms. The number of rotatable bonds is 6. The Hall–Kier alpha value is -2.42. The summed E-state index contributed by atoms with van der Waals surface area (Å²) in [6.07, 6.45) is 0.311. The van der Waals surface area contributed by atoms with Crippen molar-refractivity contribution in [3.05, 3.63) is 63.2 Å². The van der Waals surface area contributed by atoms with Gasteiger partial charge < -0.3 is 16.4 Å². The van der Waals surface area contributed by atoms with Crippen molar-refractivity contribution in [2.24, 2.45) is 5.73 Å². The maximum Gasteiger partial charge on any atom is 0.252 e. The van der Waals surface area contributed by atoms with E-state index in [2.05, 4.69) is 33.2 Å². The van der Waals surface area contributed by atoms with Gasteiger partial charge >= 0.3 is 0 Å². The van der Waals surface area contributed by atoms with Crippen molar-refractivity contribution in [2.45, 2.75) is 19.4 Å².